The molecule has 3 heterocycles. The van der Waals surface area contributed by atoms with Crippen molar-refractivity contribution in [1.29, 1.82) is 0 Å². The van der Waals surface area contributed by atoms with E-state index in [9.17, 15) is 4.79 Å². The molecule has 37 heavy (non-hydrogen) atoms. The Morgan fingerprint density at radius 2 is 1.81 bits per heavy atom. The predicted molar refractivity (Wildman–Crippen MR) is 150 cm³/mol. The van der Waals surface area contributed by atoms with Crippen LogP contribution in [0.3, 0.4) is 0 Å². The first-order chi connectivity index (χ1) is 17.6. The van der Waals surface area contributed by atoms with Crippen molar-refractivity contribution in [2.24, 2.45) is 0 Å². The molecule has 0 bridgehead atoms. The van der Waals surface area contributed by atoms with E-state index in [1.165, 1.54) is 0 Å². The molecule has 0 aliphatic heterocycles. The van der Waals surface area contributed by atoms with Crippen LogP contribution >= 0.6 is 15.9 Å². The molecule has 0 unspecified atom stereocenters. The molecule has 0 amide bonds. The van der Waals surface area contributed by atoms with Crippen molar-refractivity contribution in [3.05, 3.63) is 81.4 Å². The van der Waals surface area contributed by atoms with Gasteiger partial charge in [-0.3, -0.25) is 0 Å². The Morgan fingerprint density at radius 3 is 2.54 bits per heavy atom. The van der Waals surface area contributed by atoms with Crippen LogP contribution in [0.25, 0.3) is 33.3 Å². The summed E-state index contributed by atoms with van der Waals surface area (Å²) >= 11 is 3.61. The number of aryl methyl sites for hydroxylation is 3. The molecule has 0 spiro atoms. The zero-order valence-electron chi connectivity index (χ0n) is 22.0. The van der Waals surface area contributed by atoms with Crippen molar-refractivity contribution in [3.8, 4) is 11.3 Å². The van der Waals surface area contributed by atoms with Gasteiger partial charge in [-0.1, -0.05) is 37.3 Å². The molecule has 0 radical (unpaired) electrons. The summed E-state index contributed by atoms with van der Waals surface area (Å²) in [5.74, 6) is 1.26. The van der Waals surface area contributed by atoms with Crippen LogP contribution in [0.5, 0.6) is 0 Å². The fourth-order valence-electron chi connectivity index (χ4n) is 4.71. The molecule has 0 N–H and O–H groups in total. The Kier molecular flexibility index (Phi) is 6.44. The summed E-state index contributed by atoms with van der Waals surface area (Å²) in [5, 5.41) is 1.86. The van der Waals surface area contributed by atoms with Crippen molar-refractivity contribution in [2.75, 3.05) is 0 Å². The number of benzene rings is 2. The summed E-state index contributed by atoms with van der Waals surface area (Å²) in [6.45, 7) is 12.4. The maximum atomic E-state index is 13.0. The maximum absolute atomic E-state index is 13.0. The summed E-state index contributed by atoms with van der Waals surface area (Å²) < 4.78 is 14.7. The van der Waals surface area contributed by atoms with E-state index in [0.29, 0.717) is 28.1 Å². The molecule has 7 heteroatoms. The Labute approximate surface area is 224 Å². The van der Waals surface area contributed by atoms with Crippen molar-refractivity contribution < 1.29 is 13.9 Å². The second kappa shape index (κ2) is 9.45. The summed E-state index contributed by atoms with van der Waals surface area (Å²) in [7, 11) is 0. The molecule has 0 saturated carbocycles. The average molecular weight is 560 g/mol. The molecule has 6 nitrogen and oxygen atoms in total. The third-order valence-electron chi connectivity index (χ3n) is 6.28. The lowest BCUT2D eigenvalue weighted by Crippen LogP contribution is -2.24. The molecule has 0 aliphatic carbocycles. The number of rotatable bonds is 5. The molecule has 5 rings (SSSR count). The van der Waals surface area contributed by atoms with Gasteiger partial charge in [0, 0.05) is 28.5 Å². The number of ether oxygens (including phenoxy) is 1. The molecular formula is C30H30BrN3O3. The summed E-state index contributed by atoms with van der Waals surface area (Å²) in [5.41, 5.74) is 5.67. The molecule has 3 aromatic heterocycles. The van der Waals surface area contributed by atoms with Crippen molar-refractivity contribution >= 4 is 43.8 Å². The Hall–Kier alpha value is -3.45. The van der Waals surface area contributed by atoms with Gasteiger partial charge in [0.2, 0.25) is 0 Å². The number of imidazole rings is 1. The van der Waals surface area contributed by atoms with Gasteiger partial charge in [-0.25, -0.2) is 14.8 Å². The topological polar surface area (TPSA) is 70.2 Å². The van der Waals surface area contributed by atoms with E-state index in [1.54, 1.807) is 6.07 Å². The van der Waals surface area contributed by atoms with Crippen LogP contribution in [0.2, 0.25) is 0 Å². The van der Waals surface area contributed by atoms with E-state index >= 15 is 0 Å². The first-order valence-electron chi connectivity index (χ1n) is 12.4. The smallest absolute Gasteiger partial charge is 0.339 e. The van der Waals surface area contributed by atoms with E-state index in [1.807, 2.05) is 45.9 Å². The van der Waals surface area contributed by atoms with Gasteiger partial charge < -0.3 is 13.7 Å². The lowest BCUT2D eigenvalue weighted by Gasteiger charge is -2.20. The van der Waals surface area contributed by atoms with Crippen LogP contribution in [-0.2, 0) is 17.7 Å². The monoisotopic (exact) mass is 559 g/mol. The van der Waals surface area contributed by atoms with Crippen molar-refractivity contribution in [2.45, 2.75) is 60.1 Å². The SMILES string of the molecule is CCc1nc2c(C)cc(C)nc2n1Cc1ccc2c(-c3ccccc3C(=O)OC(C)(C)C)oc(Br)c2c1. The number of hydrogen-bond acceptors (Lipinski definition) is 5. The van der Waals surface area contributed by atoms with Gasteiger partial charge in [-0.2, -0.15) is 0 Å². The highest BCUT2D eigenvalue weighted by Crippen LogP contribution is 2.39. The second-order valence-electron chi connectivity index (χ2n) is 10.4. The Morgan fingerprint density at radius 1 is 1.05 bits per heavy atom. The van der Waals surface area contributed by atoms with Crippen LogP contribution in [0, 0.1) is 13.8 Å². The number of carbonyl (C=O) groups is 1. The van der Waals surface area contributed by atoms with E-state index < -0.39 is 5.60 Å². The van der Waals surface area contributed by atoms with Crippen LogP contribution in [0.1, 0.15) is 60.7 Å². The fourth-order valence-corrected chi connectivity index (χ4v) is 5.20. The third kappa shape index (κ3) is 4.80. The van der Waals surface area contributed by atoms with Crippen molar-refractivity contribution in [3.63, 3.8) is 0 Å². The van der Waals surface area contributed by atoms with Gasteiger partial charge in [0.15, 0.2) is 10.3 Å². The number of hydrogen-bond donors (Lipinski definition) is 0. The summed E-state index contributed by atoms with van der Waals surface area (Å²) in [4.78, 5) is 22.6. The third-order valence-corrected chi connectivity index (χ3v) is 6.87. The highest BCUT2D eigenvalue weighted by molar-refractivity contribution is 9.10. The van der Waals surface area contributed by atoms with Crippen LogP contribution in [-0.4, -0.2) is 26.1 Å². The van der Waals surface area contributed by atoms with Gasteiger partial charge in [-0.05, 0) is 79.9 Å². The lowest BCUT2D eigenvalue weighted by atomic mass is 10.0. The summed E-state index contributed by atoms with van der Waals surface area (Å²) in [6.07, 6.45) is 0.818. The van der Waals surface area contributed by atoms with Gasteiger partial charge in [0.1, 0.15) is 22.7 Å². The number of furan rings is 1. The minimum Gasteiger partial charge on any atom is -0.456 e. The largest absolute Gasteiger partial charge is 0.456 e. The summed E-state index contributed by atoms with van der Waals surface area (Å²) in [6, 6.07) is 15.7. The molecular weight excluding hydrogens is 530 g/mol. The molecule has 5 aromatic rings. The van der Waals surface area contributed by atoms with Gasteiger partial charge in [0.25, 0.3) is 0 Å². The molecule has 0 fully saturated rings. The molecule has 190 valence electrons. The first-order valence-corrected chi connectivity index (χ1v) is 13.2. The average Bonchev–Trinajstić information content (AvgIpc) is 3.35. The second-order valence-corrected chi connectivity index (χ2v) is 11.1. The van der Waals surface area contributed by atoms with Gasteiger partial charge >= 0.3 is 5.97 Å². The molecule has 2 aromatic carbocycles. The standard InChI is InChI=1S/C30H30BrN3O3/c1-7-24-33-25-17(2)14-18(3)32-28(25)34(24)16-19-12-13-21-23(15-19)27(31)36-26(21)20-10-8-9-11-22(20)29(35)37-30(4,5)6/h8-15H,7,16H2,1-6H3. The number of carbonyl (C=O) groups excluding carboxylic acids is 1. The number of halogens is 1. The lowest BCUT2D eigenvalue weighted by molar-refractivity contribution is 0.00702. The Balaban J connectivity index is 1.57. The van der Waals surface area contributed by atoms with Crippen molar-refractivity contribution in [1.82, 2.24) is 14.5 Å². The number of aromatic nitrogens is 3. The quantitative estimate of drug-likeness (QED) is 0.205. The van der Waals surface area contributed by atoms with Gasteiger partial charge in [0.05, 0.1) is 12.1 Å². The van der Waals surface area contributed by atoms with E-state index in [2.05, 4.69) is 58.6 Å². The zero-order valence-corrected chi connectivity index (χ0v) is 23.6. The van der Waals surface area contributed by atoms with Crippen LogP contribution < -0.4 is 0 Å². The predicted octanol–water partition coefficient (Wildman–Crippen LogP) is 7.79. The molecule has 0 saturated heterocycles. The highest BCUT2D eigenvalue weighted by Gasteiger charge is 2.24. The zero-order chi connectivity index (χ0) is 26.5. The minimum absolute atomic E-state index is 0.377. The molecule has 0 atom stereocenters. The fraction of sp³-hybridized carbons (Fsp3) is 0.300. The van der Waals surface area contributed by atoms with Crippen LogP contribution in [0.15, 0.2) is 57.6 Å². The normalized spacial score (nSPS) is 12.0. The van der Waals surface area contributed by atoms with Crippen LogP contribution in [0.4, 0.5) is 0 Å². The Bertz CT molecular complexity index is 1660. The van der Waals surface area contributed by atoms with E-state index in [4.69, 9.17) is 19.1 Å². The maximum Gasteiger partial charge on any atom is 0.339 e. The molecule has 0 aliphatic rings. The highest BCUT2D eigenvalue weighted by atomic mass is 79.9. The van der Waals surface area contributed by atoms with Gasteiger partial charge in [-0.15, -0.1) is 0 Å². The number of pyridine rings is 1. The number of nitrogens with zero attached hydrogens (tertiary/aromatic N) is 3. The van der Waals surface area contributed by atoms with E-state index in [0.717, 1.165) is 51.0 Å². The first kappa shape index (κ1) is 25.2. The van der Waals surface area contributed by atoms with E-state index in [-0.39, 0.29) is 5.97 Å². The number of esters is 1. The number of fused-ring (bicyclic) bond motifs is 2. The minimum atomic E-state index is -0.592.